The number of halogens is 1. The van der Waals surface area contributed by atoms with E-state index < -0.39 is 0 Å². The SMILES string of the molecule is COc1ccc(Cl)cc1N1CC(C)(C)NCC1C(C)C. The molecule has 1 atom stereocenters. The fourth-order valence-electron chi connectivity index (χ4n) is 2.84. The van der Waals surface area contributed by atoms with Gasteiger partial charge in [-0.3, -0.25) is 0 Å². The summed E-state index contributed by atoms with van der Waals surface area (Å²) in [5, 5.41) is 4.38. The summed E-state index contributed by atoms with van der Waals surface area (Å²) in [4.78, 5) is 2.44. The van der Waals surface area contributed by atoms with Gasteiger partial charge in [0.2, 0.25) is 0 Å². The lowest BCUT2D eigenvalue weighted by Crippen LogP contribution is -2.63. The van der Waals surface area contributed by atoms with E-state index >= 15 is 0 Å². The fraction of sp³-hybridized carbons (Fsp3) is 0.625. The Morgan fingerprint density at radius 3 is 2.70 bits per heavy atom. The van der Waals surface area contributed by atoms with E-state index in [0.717, 1.165) is 29.5 Å². The lowest BCUT2D eigenvalue weighted by atomic mass is 9.92. The molecule has 0 amide bonds. The molecule has 0 saturated carbocycles. The van der Waals surface area contributed by atoms with Gasteiger partial charge in [0.05, 0.1) is 12.8 Å². The molecule has 1 aromatic carbocycles. The van der Waals surface area contributed by atoms with Gasteiger partial charge in [-0.25, -0.2) is 0 Å². The highest BCUT2D eigenvalue weighted by molar-refractivity contribution is 6.30. The first-order chi connectivity index (χ1) is 9.34. The minimum Gasteiger partial charge on any atom is -0.495 e. The number of rotatable bonds is 3. The molecular formula is C16H25ClN2O. The van der Waals surface area contributed by atoms with Gasteiger partial charge in [0.1, 0.15) is 5.75 Å². The van der Waals surface area contributed by atoms with Crippen molar-refractivity contribution < 1.29 is 4.74 Å². The summed E-state index contributed by atoms with van der Waals surface area (Å²) in [5.41, 5.74) is 1.17. The van der Waals surface area contributed by atoms with Crippen LogP contribution in [0.25, 0.3) is 0 Å². The summed E-state index contributed by atoms with van der Waals surface area (Å²) in [5.74, 6) is 1.44. The second-order valence-corrected chi connectivity index (χ2v) is 6.96. The second kappa shape index (κ2) is 5.82. The lowest BCUT2D eigenvalue weighted by Gasteiger charge is -2.47. The monoisotopic (exact) mass is 296 g/mol. The van der Waals surface area contributed by atoms with Crippen molar-refractivity contribution in [2.24, 2.45) is 5.92 Å². The summed E-state index contributed by atoms with van der Waals surface area (Å²) < 4.78 is 5.53. The van der Waals surface area contributed by atoms with Crippen LogP contribution in [0.15, 0.2) is 18.2 Å². The van der Waals surface area contributed by atoms with E-state index in [0.29, 0.717) is 12.0 Å². The van der Waals surface area contributed by atoms with Crippen LogP contribution in [-0.2, 0) is 0 Å². The van der Waals surface area contributed by atoms with Gasteiger partial charge in [-0.15, -0.1) is 0 Å². The quantitative estimate of drug-likeness (QED) is 0.923. The van der Waals surface area contributed by atoms with Crippen LogP contribution in [0.1, 0.15) is 27.7 Å². The lowest BCUT2D eigenvalue weighted by molar-refractivity contribution is 0.275. The van der Waals surface area contributed by atoms with Gasteiger partial charge in [0.25, 0.3) is 0 Å². The summed E-state index contributed by atoms with van der Waals surface area (Å²) >= 11 is 6.19. The first kappa shape index (κ1) is 15.5. The molecule has 1 heterocycles. The number of ether oxygens (including phenoxy) is 1. The fourth-order valence-corrected chi connectivity index (χ4v) is 3.00. The molecule has 1 aliphatic rings. The second-order valence-electron chi connectivity index (χ2n) is 6.52. The van der Waals surface area contributed by atoms with Crippen LogP contribution in [0.2, 0.25) is 5.02 Å². The zero-order valence-electron chi connectivity index (χ0n) is 13.0. The molecule has 112 valence electrons. The van der Waals surface area contributed by atoms with E-state index in [1.807, 2.05) is 18.2 Å². The number of hydrogen-bond donors (Lipinski definition) is 1. The Balaban J connectivity index is 2.42. The zero-order valence-corrected chi connectivity index (χ0v) is 13.8. The standard InChI is InChI=1S/C16H25ClN2O/c1-11(2)14-9-18-16(3,4)10-19(14)13-8-12(17)6-7-15(13)20-5/h6-8,11,14,18H,9-10H2,1-5H3. The molecule has 1 aliphatic heterocycles. The van der Waals surface area contributed by atoms with Crippen LogP contribution < -0.4 is 15.0 Å². The molecule has 0 aromatic heterocycles. The van der Waals surface area contributed by atoms with Crippen molar-refractivity contribution in [2.75, 3.05) is 25.1 Å². The van der Waals surface area contributed by atoms with Gasteiger partial charge >= 0.3 is 0 Å². The summed E-state index contributed by atoms with van der Waals surface area (Å²) in [7, 11) is 1.71. The maximum Gasteiger partial charge on any atom is 0.142 e. The van der Waals surface area contributed by atoms with Crippen LogP contribution in [-0.4, -0.2) is 31.8 Å². The normalized spacial score (nSPS) is 22.1. The van der Waals surface area contributed by atoms with Crippen molar-refractivity contribution in [2.45, 2.75) is 39.3 Å². The smallest absolute Gasteiger partial charge is 0.142 e. The molecule has 0 radical (unpaired) electrons. The maximum absolute atomic E-state index is 6.19. The van der Waals surface area contributed by atoms with Crippen LogP contribution in [0.4, 0.5) is 5.69 Å². The Kier molecular flexibility index (Phi) is 4.50. The molecule has 1 aromatic rings. The largest absolute Gasteiger partial charge is 0.495 e. The Morgan fingerprint density at radius 1 is 1.40 bits per heavy atom. The number of nitrogens with zero attached hydrogens (tertiary/aromatic N) is 1. The minimum absolute atomic E-state index is 0.0821. The highest BCUT2D eigenvalue weighted by Crippen LogP contribution is 2.36. The molecule has 1 unspecified atom stereocenters. The highest BCUT2D eigenvalue weighted by atomic mass is 35.5. The molecule has 1 N–H and O–H groups in total. The van der Waals surface area contributed by atoms with Crippen molar-refractivity contribution >= 4 is 17.3 Å². The number of anilines is 1. The van der Waals surface area contributed by atoms with Crippen LogP contribution in [0, 0.1) is 5.92 Å². The molecule has 20 heavy (non-hydrogen) atoms. The van der Waals surface area contributed by atoms with E-state index in [4.69, 9.17) is 16.3 Å². The summed E-state index contributed by atoms with van der Waals surface area (Å²) in [6.45, 7) is 10.9. The first-order valence-electron chi connectivity index (χ1n) is 7.19. The van der Waals surface area contributed by atoms with Gasteiger partial charge < -0.3 is 15.0 Å². The average Bonchev–Trinajstić information content (AvgIpc) is 2.37. The predicted molar refractivity (Wildman–Crippen MR) is 86.1 cm³/mol. The zero-order chi connectivity index (χ0) is 14.9. The van der Waals surface area contributed by atoms with Gasteiger partial charge in [0, 0.05) is 29.7 Å². The first-order valence-corrected chi connectivity index (χ1v) is 7.57. The minimum atomic E-state index is 0.0821. The third kappa shape index (κ3) is 3.21. The number of hydrogen-bond acceptors (Lipinski definition) is 3. The molecule has 4 heteroatoms. The highest BCUT2D eigenvalue weighted by Gasteiger charge is 2.35. The maximum atomic E-state index is 6.19. The number of piperazine rings is 1. The van der Waals surface area contributed by atoms with Crippen molar-refractivity contribution in [1.82, 2.24) is 5.32 Å². The van der Waals surface area contributed by atoms with Crippen molar-refractivity contribution in [3.05, 3.63) is 23.2 Å². The predicted octanol–water partition coefficient (Wildman–Crippen LogP) is 3.56. The molecule has 1 saturated heterocycles. The Morgan fingerprint density at radius 2 is 2.10 bits per heavy atom. The molecule has 0 aliphatic carbocycles. The number of benzene rings is 1. The number of methoxy groups -OCH3 is 1. The molecule has 2 rings (SSSR count). The molecule has 3 nitrogen and oxygen atoms in total. The molecule has 0 spiro atoms. The average molecular weight is 297 g/mol. The molecule has 0 bridgehead atoms. The van der Waals surface area contributed by atoms with E-state index in [2.05, 4.69) is 37.9 Å². The third-order valence-electron chi connectivity index (χ3n) is 3.98. The Bertz CT molecular complexity index is 474. The van der Waals surface area contributed by atoms with E-state index in [1.54, 1.807) is 7.11 Å². The van der Waals surface area contributed by atoms with Gasteiger partial charge in [0.15, 0.2) is 0 Å². The van der Waals surface area contributed by atoms with E-state index in [1.165, 1.54) is 0 Å². The van der Waals surface area contributed by atoms with Crippen LogP contribution in [0.3, 0.4) is 0 Å². The Labute approximate surface area is 127 Å². The van der Waals surface area contributed by atoms with Crippen molar-refractivity contribution in [3.8, 4) is 5.75 Å². The van der Waals surface area contributed by atoms with E-state index in [-0.39, 0.29) is 5.54 Å². The van der Waals surface area contributed by atoms with Crippen LogP contribution >= 0.6 is 11.6 Å². The van der Waals surface area contributed by atoms with Gasteiger partial charge in [-0.1, -0.05) is 25.4 Å². The summed E-state index contributed by atoms with van der Waals surface area (Å²) in [6, 6.07) is 6.28. The topological polar surface area (TPSA) is 24.5 Å². The van der Waals surface area contributed by atoms with Gasteiger partial charge in [-0.05, 0) is 38.0 Å². The Hall–Kier alpha value is -0.930. The van der Waals surface area contributed by atoms with Crippen molar-refractivity contribution in [1.29, 1.82) is 0 Å². The van der Waals surface area contributed by atoms with Crippen LogP contribution in [0.5, 0.6) is 5.75 Å². The van der Waals surface area contributed by atoms with E-state index in [9.17, 15) is 0 Å². The summed E-state index contributed by atoms with van der Waals surface area (Å²) in [6.07, 6.45) is 0. The molecular weight excluding hydrogens is 272 g/mol. The van der Waals surface area contributed by atoms with Gasteiger partial charge in [-0.2, -0.15) is 0 Å². The molecule has 1 fully saturated rings. The van der Waals surface area contributed by atoms with Crippen molar-refractivity contribution in [3.63, 3.8) is 0 Å². The number of nitrogens with one attached hydrogen (secondary N) is 1. The third-order valence-corrected chi connectivity index (χ3v) is 4.21.